The van der Waals surface area contributed by atoms with Crippen molar-refractivity contribution >= 4 is 42.7 Å². The second kappa shape index (κ2) is 43.8. The third-order valence-electron chi connectivity index (χ3n) is 39.9. The van der Waals surface area contributed by atoms with Gasteiger partial charge in [-0.2, -0.15) is 6.42 Å². The van der Waals surface area contributed by atoms with E-state index in [9.17, 15) is 42.4 Å². The Bertz CT molecular complexity index is 4490. The van der Waals surface area contributed by atoms with E-state index in [0.29, 0.717) is 84.9 Å². The topological polar surface area (TPSA) is 202 Å². The first-order chi connectivity index (χ1) is 60.0. The summed E-state index contributed by atoms with van der Waals surface area (Å²) in [6, 6.07) is 48.0. The maximum absolute atomic E-state index is 14.3. The molecule has 18 rings (SSSR count). The van der Waals surface area contributed by atoms with E-state index in [1.165, 1.54) is 128 Å². The summed E-state index contributed by atoms with van der Waals surface area (Å²) in [6.45, 7) is 35.4. The zero-order valence-electron chi connectivity index (χ0n) is 84.3. The largest absolute Gasteiger partial charge is 2.00 e. The molecule has 0 radical (unpaired) electrons. The van der Waals surface area contributed by atoms with Crippen LogP contribution in [0.25, 0.3) is 0 Å². The molecular weight excluding hydrogens is 1630 g/mol. The normalized spacial score (nSPS) is 39.4. The molecule has 6 N–H and O–H groups in total. The van der Waals surface area contributed by atoms with Crippen molar-refractivity contribution in [2.45, 2.75) is 365 Å². The maximum Gasteiger partial charge on any atom is 2.00 e. The van der Waals surface area contributed by atoms with Gasteiger partial charge in [-0.3, -0.25) is 0 Å². The molecule has 1 aliphatic heterocycles. The Morgan fingerprint density at radius 2 is 0.742 bits per heavy atom. The van der Waals surface area contributed by atoms with Crippen molar-refractivity contribution in [1.29, 1.82) is 0 Å². The van der Waals surface area contributed by atoms with Gasteiger partial charge in [0.05, 0.1) is 56.4 Å². The molecule has 0 aromatic heterocycles. The number of fused-ring (bicyclic) bond motifs is 15. The summed E-state index contributed by atoms with van der Waals surface area (Å²) in [5, 5.41) is 61.7. The van der Waals surface area contributed by atoms with Crippen molar-refractivity contribution in [3.05, 3.63) is 175 Å². The molecule has 0 bridgehead atoms. The molecule has 1 unspecified atom stereocenters. The number of ether oxygens (including phenoxy) is 1. The minimum Gasteiger partial charge on any atom is -1.00 e. The van der Waals surface area contributed by atoms with E-state index in [1.54, 1.807) is 36.4 Å². The summed E-state index contributed by atoms with van der Waals surface area (Å²) >= 11 is 0. The number of aliphatic hydroxyl groups is 6. The van der Waals surface area contributed by atoms with Gasteiger partial charge in [-0.1, -0.05) is 224 Å². The van der Waals surface area contributed by atoms with Crippen molar-refractivity contribution < 1.29 is 73.9 Å². The Morgan fingerprint density at radius 1 is 0.414 bits per heavy atom. The van der Waals surface area contributed by atoms with Crippen LogP contribution in [0, 0.1) is 146 Å². The van der Waals surface area contributed by atoms with Gasteiger partial charge in [0.2, 0.25) is 0 Å². The van der Waals surface area contributed by atoms with Crippen LogP contribution in [0.15, 0.2) is 161 Å². The summed E-state index contributed by atoms with van der Waals surface area (Å²) in [4.78, 5) is 0.840. The summed E-state index contributed by atoms with van der Waals surface area (Å²) in [5.41, 5.74) is 3.88. The molecule has 0 amide bonds. The van der Waals surface area contributed by atoms with E-state index in [-0.39, 0.29) is 85.7 Å². The van der Waals surface area contributed by atoms with Crippen molar-refractivity contribution in [2.75, 3.05) is 19.5 Å². The Labute approximate surface area is 809 Å². The van der Waals surface area contributed by atoms with Crippen LogP contribution in [0.2, 0.25) is 0 Å². The smallest absolute Gasteiger partial charge is 1.00 e. The first-order valence-corrected chi connectivity index (χ1v) is 54.3. The minimum absolute atomic E-state index is 0. The fraction of sp³-hybridized carbons (Fsp3) is 0.726. The van der Waals surface area contributed by atoms with Crippen LogP contribution in [0.3, 0.4) is 0 Å². The van der Waals surface area contributed by atoms with Crippen LogP contribution in [0.5, 0.6) is 0 Å². The SMILES string of the molecule is CC[C@]1(O)CC[C@@]2(C)[C@@H](CC[C@@H]3[C@@H]2CC[C@]2(C)[C@@H]([C@H](C)C(C[C@@H](O)c4ccccc4)S(=O)(=O)c4ccccc4)CC[C@@H]32)C1.CC[C@]1(O)CC[C@@]2(C)[C@@H](CC[C@@H]3[C@@H]2CC[C@]2(C)[C@@H]([C@H](C)CC[C@@H](O)c4ccccc4)CC[C@@H]32)C1.CC[C@]1(O)CC[C@@]2(C)[C@@H](CC[C@@H]3[C@@H]2CC[C@]2(C)[C@@H]([C@H](C)CS(=O)(=O)c4ccccc4)CC[C@@H]32)C1.CO.[CH2-]CCC.[H-].[H-].[Li+].[Mg+2].c1ccc([C@H]2CO2)cc1. The first kappa shape index (κ1) is 106. The molecule has 13 aliphatic rings. The van der Waals surface area contributed by atoms with E-state index in [1.807, 2.05) is 91.0 Å². The molecule has 31 atom stereocenters. The van der Waals surface area contributed by atoms with E-state index in [0.717, 1.165) is 168 Å². The van der Waals surface area contributed by atoms with Gasteiger partial charge >= 0.3 is 41.9 Å². The van der Waals surface area contributed by atoms with Gasteiger partial charge in [-0.05, 0) is 392 Å². The standard InChI is InChI=1S/C38H54O4S.C32H50O2.C30H46O3S.C8H8O.C4H9.CH4O.Li.Mg.2H/c1-5-38(40)23-22-36(3)28(25-38)16-17-30-32-19-18-31(37(32,4)21-20-33(30)36)26(2)35(24-34(39)27-12-8-6-9-13-27)43(41,42)29-14-10-7-11-15-29;1-5-32(34)20-19-30(3)24(21-32)12-13-25-27-15-14-26(31(27,4)18-17-28(25)30)22(2)11-16-29(33)23-9-7-6-8-10-23;1-5-30(31)18-17-28(3)22(19-30)11-12-24-26-14-13-25(29(26,4)16-15-27(24)28)21(2)20-34(32,33)23-9-7-6-8-10-23;1-2-4-7(5-3-1)8-6-9-8;1-3-4-2;1-2;;;;/h6-15,26,28,30-35,39-40H,5,16-25H2,1-4H3;6-10,22,24-29,33-34H,5,11-21H2,1-4H3;6-10,21-22,24-27,31H,5,11-20H2,1-4H3;1-5,8H,6H2;1,3-4H2,2H3;2H,1H3;;;;/q;;;;-1;;+1;+2;2*-1/t26-,28-,30-,31+,32-,33-,34+,35?,36-,37+,38-;22-,24+,25+,26-,27+,28+,29-,30+,31-,32+;21-,22+,24+,25-,26+,27+,28+,29-,30+;8-;;;;;;/m0111....../s1. The number of hydrogen-bond acceptors (Lipinski definition) is 11. The molecule has 5 aromatic rings. The second-order valence-electron chi connectivity index (χ2n) is 45.6. The third-order valence-corrected chi connectivity index (χ3v) is 44.2. The fourth-order valence-electron chi connectivity index (χ4n) is 32.0. The molecule has 1 saturated heterocycles. The predicted molar refractivity (Wildman–Crippen MR) is 523 cm³/mol. The zero-order chi connectivity index (χ0) is 90.6. The molecular formula is C113H173LiMgO11S2. The summed E-state index contributed by atoms with van der Waals surface area (Å²) in [7, 11) is -5.90. The average Bonchev–Trinajstić information content (AvgIpc) is 1.46. The van der Waals surface area contributed by atoms with Crippen molar-refractivity contribution in [1.82, 2.24) is 0 Å². The van der Waals surface area contributed by atoms with Crippen LogP contribution >= 0.6 is 0 Å². The predicted octanol–water partition coefficient (Wildman–Crippen LogP) is 23.1. The van der Waals surface area contributed by atoms with Crippen LogP contribution < -0.4 is 18.9 Å². The fourth-order valence-corrected chi connectivity index (χ4v) is 35.8. The number of epoxide rings is 1. The van der Waals surface area contributed by atoms with Gasteiger partial charge in [0.25, 0.3) is 0 Å². The van der Waals surface area contributed by atoms with Crippen LogP contribution in [0.1, 0.15) is 353 Å². The van der Waals surface area contributed by atoms with Crippen molar-refractivity contribution in [3.8, 4) is 0 Å². The van der Waals surface area contributed by atoms with E-state index >= 15 is 0 Å². The Balaban J connectivity index is 0.000000201. The summed E-state index contributed by atoms with van der Waals surface area (Å²) in [5.74, 6) is 11.7. The molecule has 12 saturated carbocycles. The molecule has 1 heterocycles. The van der Waals surface area contributed by atoms with Crippen molar-refractivity contribution in [3.63, 3.8) is 0 Å². The molecule has 128 heavy (non-hydrogen) atoms. The van der Waals surface area contributed by atoms with E-state index in [4.69, 9.17) is 9.84 Å². The quantitative estimate of drug-likeness (QED) is 0.0232. The van der Waals surface area contributed by atoms with Crippen LogP contribution in [0.4, 0.5) is 0 Å². The average molecular weight is 1800 g/mol. The number of sulfone groups is 2. The molecule has 13 fully saturated rings. The zero-order valence-corrected chi connectivity index (χ0v) is 85.3. The van der Waals surface area contributed by atoms with Gasteiger partial charge in [0, 0.05) is 7.11 Å². The Kier molecular flexibility index (Phi) is 36.1. The number of benzene rings is 5. The Morgan fingerprint density at radius 3 is 1.11 bits per heavy atom. The Hall–Kier alpha value is -2.92. The van der Waals surface area contributed by atoms with E-state index < -0.39 is 47.8 Å². The number of unbranched alkanes of at least 4 members (excludes halogenated alkanes) is 1. The van der Waals surface area contributed by atoms with Crippen molar-refractivity contribution in [2.24, 2.45) is 139 Å². The molecule has 15 heteroatoms. The molecule has 12 aliphatic carbocycles. The number of rotatable bonds is 21. The maximum atomic E-state index is 14.3. The molecule has 706 valence electrons. The number of hydrogen-bond donors (Lipinski definition) is 6. The summed E-state index contributed by atoms with van der Waals surface area (Å²) in [6.07, 6.45) is 39.0. The van der Waals surface area contributed by atoms with Gasteiger partial charge in [-0.15, -0.1) is 0 Å². The third kappa shape index (κ3) is 21.8. The van der Waals surface area contributed by atoms with Gasteiger partial charge in [0.15, 0.2) is 19.7 Å². The first-order valence-electron chi connectivity index (χ1n) is 51.1. The van der Waals surface area contributed by atoms with Gasteiger partial charge < -0.3 is 45.2 Å². The van der Waals surface area contributed by atoms with Crippen LogP contribution in [-0.4, -0.2) is 112 Å². The summed E-state index contributed by atoms with van der Waals surface area (Å²) < 4.78 is 60.1. The minimum atomic E-state index is -3.65. The second-order valence-corrected chi connectivity index (χ2v) is 49.8. The van der Waals surface area contributed by atoms with Gasteiger partial charge in [-0.25, -0.2) is 16.8 Å². The molecule has 11 nitrogen and oxygen atoms in total. The van der Waals surface area contributed by atoms with E-state index in [2.05, 4.69) is 121 Å². The molecule has 5 aromatic carbocycles. The van der Waals surface area contributed by atoms with Gasteiger partial charge in [0.1, 0.15) is 6.10 Å². The molecule has 0 spiro atoms. The van der Waals surface area contributed by atoms with Crippen LogP contribution in [-0.2, 0) is 24.4 Å². The number of aliphatic hydroxyl groups excluding tert-OH is 3. The monoisotopic (exact) mass is 1800 g/mol.